The predicted molar refractivity (Wildman–Crippen MR) is 101 cm³/mol. The molecule has 146 valence electrons. The van der Waals surface area contributed by atoms with E-state index in [9.17, 15) is 21.2 Å². The normalized spacial score (nSPS) is 17.1. The van der Waals surface area contributed by atoms with Crippen LogP contribution in [0.3, 0.4) is 0 Å². The van der Waals surface area contributed by atoms with Crippen LogP contribution < -0.4 is 0 Å². The van der Waals surface area contributed by atoms with E-state index in [-0.39, 0.29) is 37.7 Å². The van der Waals surface area contributed by atoms with Gasteiger partial charge in [-0.3, -0.25) is 0 Å². The third-order valence-electron chi connectivity index (χ3n) is 4.41. The van der Waals surface area contributed by atoms with Crippen molar-refractivity contribution in [1.29, 1.82) is 0 Å². The van der Waals surface area contributed by atoms with Gasteiger partial charge in [-0.05, 0) is 23.3 Å². The highest BCUT2D eigenvalue weighted by Crippen LogP contribution is 2.18. The molecular formula is C18H21FN2O4S2. The third-order valence-corrected chi connectivity index (χ3v) is 8.11. The molecule has 0 saturated carbocycles. The molecule has 0 aliphatic carbocycles. The lowest BCUT2D eigenvalue weighted by Gasteiger charge is -2.33. The predicted octanol–water partition coefficient (Wildman–Crippen LogP) is 1.80. The molecule has 0 N–H and O–H groups in total. The van der Waals surface area contributed by atoms with Gasteiger partial charge in [0.25, 0.3) is 0 Å². The maximum Gasteiger partial charge on any atom is 0.218 e. The van der Waals surface area contributed by atoms with Crippen LogP contribution in [0.25, 0.3) is 0 Å². The van der Waals surface area contributed by atoms with E-state index in [2.05, 4.69) is 0 Å². The lowest BCUT2D eigenvalue weighted by molar-refractivity contribution is 0.272. The summed E-state index contributed by atoms with van der Waals surface area (Å²) in [6.45, 7) is 0.395. The molecular weight excluding hydrogens is 391 g/mol. The highest BCUT2D eigenvalue weighted by molar-refractivity contribution is 7.88. The van der Waals surface area contributed by atoms with Crippen molar-refractivity contribution in [3.05, 3.63) is 71.5 Å². The molecule has 9 heteroatoms. The Balaban J connectivity index is 1.62. The van der Waals surface area contributed by atoms with Crippen molar-refractivity contribution >= 4 is 20.0 Å². The Labute approximate surface area is 159 Å². The Hall–Kier alpha value is -1.81. The number of rotatable bonds is 6. The molecule has 0 atom stereocenters. The second-order valence-corrected chi connectivity index (χ2v) is 10.4. The molecule has 2 aromatic carbocycles. The van der Waals surface area contributed by atoms with Gasteiger partial charge in [0.2, 0.25) is 20.0 Å². The summed E-state index contributed by atoms with van der Waals surface area (Å²) in [5.74, 6) is -0.898. The van der Waals surface area contributed by atoms with Crippen LogP contribution in [0.15, 0.2) is 54.6 Å². The van der Waals surface area contributed by atoms with Gasteiger partial charge in [0.05, 0.1) is 11.5 Å². The number of hydrogen-bond donors (Lipinski definition) is 0. The van der Waals surface area contributed by atoms with Crippen LogP contribution >= 0.6 is 0 Å². The van der Waals surface area contributed by atoms with E-state index in [0.717, 1.165) is 0 Å². The van der Waals surface area contributed by atoms with Gasteiger partial charge < -0.3 is 0 Å². The summed E-state index contributed by atoms with van der Waals surface area (Å²) in [5.41, 5.74) is 1.06. The van der Waals surface area contributed by atoms with Gasteiger partial charge in [-0.25, -0.2) is 21.2 Å². The van der Waals surface area contributed by atoms with Crippen LogP contribution in [-0.2, 0) is 31.6 Å². The summed E-state index contributed by atoms with van der Waals surface area (Å²) in [6.07, 6.45) is 0. The molecule has 2 aromatic rings. The van der Waals surface area contributed by atoms with Crippen molar-refractivity contribution in [2.45, 2.75) is 11.5 Å². The molecule has 0 unspecified atom stereocenters. The number of piperazine rings is 1. The van der Waals surface area contributed by atoms with Crippen molar-refractivity contribution in [1.82, 2.24) is 8.61 Å². The van der Waals surface area contributed by atoms with Crippen molar-refractivity contribution in [3.63, 3.8) is 0 Å². The second-order valence-electron chi connectivity index (χ2n) is 6.43. The summed E-state index contributed by atoms with van der Waals surface area (Å²) in [5, 5.41) is 0. The Kier molecular flexibility index (Phi) is 5.95. The standard InChI is InChI=1S/C18H21FN2O4S2/c19-18-8-4-7-17(13-18)15-27(24,25)21-11-9-20(10-12-21)26(22,23)14-16-5-2-1-3-6-16/h1-8,13H,9-12,14-15H2. The van der Waals surface area contributed by atoms with Crippen LogP contribution in [-0.4, -0.2) is 51.6 Å². The van der Waals surface area contributed by atoms with E-state index in [1.807, 2.05) is 6.07 Å². The number of halogens is 1. The topological polar surface area (TPSA) is 74.8 Å². The fourth-order valence-electron chi connectivity index (χ4n) is 3.03. The quantitative estimate of drug-likeness (QED) is 0.725. The fourth-order valence-corrected chi connectivity index (χ4v) is 6.05. The van der Waals surface area contributed by atoms with Crippen molar-refractivity contribution < 1.29 is 21.2 Å². The Morgan fingerprint density at radius 1 is 0.704 bits per heavy atom. The zero-order valence-electron chi connectivity index (χ0n) is 14.7. The van der Waals surface area contributed by atoms with E-state index in [0.29, 0.717) is 11.1 Å². The molecule has 27 heavy (non-hydrogen) atoms. The van der Waals surface area contributed by atoms with Crippen LogP contribution in [0.5, 0.6) is 0 Å². The van der Waals surface area contributed by atoms with Gasteiger partial charge in [-0.15, -0.1) is 0 Å². The number of benzene rings is 2. The van der Waals surface area contributed by atoms with Gasteiger partial charge in [-0.1, -0.05) is 42.5 Å². The third kappa shape index (κ3) is 5.13. The summed E-state index contributed by atoms with van der Waals surface area (Å²) in [7, 11) is -7.14. The molecule has 1 aliphatic heterocycles. The average molecular weight is 413 g/mol. The molecule has 0 bridgehead atoms. The second kappa shape index (κ2) is 8.05. The van der Waals surface area contributed by atoms with Gasteiger partial charge >= 0.3 is 0 Å². The van der Waals surface area contributed by atoms with Gasteiger partial charge in [-0.2, -0.15) is 8.61 Å². The molecule has 1 fully saturated rings. The molecule has 0 amide bonds. The summed E-state index contributed by atoms with van der Waals surface area (Å²) in [6, 6.07) is 14.3. The van der Waals surface area contributed by atoms with E-state index in [1.54, 1.807) is 30.3 Å². The lowest BCUT2D eigenvalue weighted by Crippen LogP contribution is -2.50. The average Bonchev–Trinajstić information content (AvgIpc) is 2.62. The molecule has 0 spiro atoms. The maximum absolute atomic E-state index is 13.3. The highest BCUT2D eigenvalue weighted by Gasteiger charge is 2.32. The van der Waals surface area contributed by atoms with Gasteiger partial charge in [0.15, 0.2) is 0 Å². The fraction of sp³-hybridized carbons (Fsp3) is 0.333. The van der Waals surface area contributed by atoms with Crippen LogP contribution in [0.4, 0.5) is 4.39 Å². The Bertz CT molecular complexity index is 987. The van der Waals surface area contributed by atoms with Crippen LogP contribution in [0.2, 0.25) is 0 Å². The van der Waals surface area contributed by atoms with E-state index < -0.39 is 25.9 Å². The maximum atomic E-state index is 13.3. The summed E-state index contributed by atoms with van der Waals surface area (Å²) in [4.78, 5) is 0. The SMILES string of the molecule is O=S(=O)(Cc1ccccc1)N1CCN(S(=O)(=O)Cc2cccc(F)c2)CC1. The molecule has 1 aliphatic rings. The first-order valence-corrected chi connectivity index (χ1v) is 11.7. The first-order chi connectivity index (χ1) is 12.8. The van der Waals surface area contributed by atoms with Crippen LogP contribution in [0.1, 0.15) is 11.1 Å². The molecule has 0 aromatic heterocycles. The van der Waals surface area contributed by atoms with Crippen LogP contribution in [0, 0.1) is 5.82 Å². The van der Waals surface area contributed by atoms with Crippen molar-refractivity contribution in [3.8, 4) is 0 Å². The molecule has 3 rings (SSSR count). The zero-order valence-corrected chi connectivity index (χ0v) is 16.3. The smallest absolute Gasteiger partial charge is 0.212 e. The van der Waals surface area contributed by atoms with Crippen molar-refractivity contribution in [2.75, 3.05) is 26.2 Å². The number of nitrogens with zero attached hydrogens (tertiary/aromatic N) is 2. The minimum Gasteiger partial charge on any atom is -0.212 e. The summed E-state index contributed by atoms with van der Waals surface area (Å²) < 4.78 is 66.1. The molecule has 0 radical (unpaired) electrons. The molecule has 1 saturated heterocycles. The molecule has 6 nitrogen and oxygen atoms in total. The first kappa shape index (κ1) is 19.9. The van der Waals surface area contributed by atoms with E-state index in [4.69, 9.17) is 0 Å². The van der Waals surface area contributed by atoms with E-state index in [1.165, 1.54) is 26.8 Å². The largest absolute Gasteiger partial charge is 0.218 e. The minimum absolute atomic E-state index is 0.0890. The highest BCUT2D eigenvalue weighted by atomic mass is 32.2. The first-order valence-electron chi connectivity index (χ1n) is 8.50. The van der Waals surface area contributed by atoms with Gasteiger partial charge in [0, 0.05) is 26.2 Å². The minimum atomic E-state index is -3.64. The Morgan fingerprint density at radius 3 is 1.70 bits per heavy atom. The van der Waals surface area contributed by atoms with Crippen molar-refractivity contribution in [2.24, 2.45) is 0 Å². The number of hydrogen-bond acceptors (Lipinski definition) is 4. The van der Waals surface area contributed by atoms with E-state index >= 15 is 0 Å². The molecule has 1 heterocycles. The Morgan fingerprint density at radius 2 is 1.19 bits per heavy atom. The number of sulfonamides is 2. The monoisotopic (exact) mass is 412 g/mol. The summed E-state index contributed by atoms with van der Waals surface area (Å²) >= 11 is 0. The lowest BCUT2D eigenvalue weighted by atomic mass is 10.2. The van der Waals surface area contributed by atoms with Gasteiger partial charge in [0.1, 0.15) is 5.82 Å². The zero-order chi connectivity index (χ0) is 19.5.